The summed E-state index contributed by atoms with van der Waals surface area (Å²) in [5, 5.41) is 14.9. The van der Waals surface area contributed by atoms with E-state index in [2.05, 4.69) is 5.10 Å². The molecule has 2 rings (SSSR count). The van der Waals surface area contributed by atoms with Crippen molar-refractivity contribution in [1.82, 2.24) is 14.7 Å². The van der Waals surface area contributed by atoms with E-state index in [0.717, 1.165) is 11.3 Å². The predicted octanol–water partition coefficient (Wildman–Crippen LogP) is 1.91. The van der Waals surface area contributed by atoms with Gasteiger partial charge < -0.3 is 4.90 Å². The highest BCUT2D eigenvalue weighted by Crippen LogP contribution is 2.16. The summed E-state index contributed by atoms with van der Waals surface area (Å²) in [6, 6.07) is 5.73. The van der Waals surface area contributed by atoms with Crippen molar-refractivity contribution in [3.63, 3.8) is 0 Å². The van der Waals surface area contributed by atoms with Crippen molar-refractivity contribution in [3.05, 3.63) is 57.4 Å². The minimum atomic E-state index is -0.512. The van der Waals surface area contributed by atoms with Gasteiger partial charge in [-0.25, -0.2) is 0 Å². The summed E-state index contributed by atoms with van der Waals surface area (Å²) in [4.78, 5) is 24.1. The van der Waals surface area contributed by atoms with Crippen molar-refractivity contribution in [2.24, 2.45) is 7.05 Å². The van der Waals surface area contributed by atoms with Crippen molar-refractivity contribution in [1.29, 1.82) is 0 Å². The first-order valence-electron chi connectivity index (χ1n) is 6.37. The maximum absolute atomic E-state index is 12.3. The van der Waals surface area contributed by atoms with Crippen LogP contribution in [0.5, 0.6) is 0 Å². The van der Waals surface area contributed by atoms with Crippen molar-refractivity contribution >= 4 is 11.6 Å². The lowest BCUT2D eigenvalue weighted by molar-refractivity contribution is -0.384. The normalized spacial score (nSPS) is 10.4. The summed E-state index contributed by atoms with van der Waals surface area (Å²) in [6.45, 7) is 2.33. The monoisotopic (exact) mass is 288 g/mol. The van der Waals surface area contributed by atoms with Crippen LogP contribution < -0.4 is 0 Å². The zero-order valence-corrected chi connectivity index (χ0v) is 12.1. The topological polar surface area (TPSA) is 81.3 Å². The standard InChI is InChI=1S/C14H16N4O3/c1-10-12(8-15-17(10)3)9-16(2)14(19)11-5-4-6-13(7-11)18(20)21/h4-8H,9H2,1-3H3. The van der Waals surface area contributed by atoms with Crippen molar-refractivity contribution in [2.45, 2.75) is 13.5 Å². The smallest absolute Gasteiger partial charge is 0.270 e. The summed E-state index contributed by atoms with van der Waals surface area (Å²) in [7, 11) is 3.49. The van der Waals surface area contributed by atoms with Gasteiger partial charge in [-0.2, -0.15) is 5.10 Å². The number of nitro benzene ring substituents is 1. The summed E-state index contributed by atoms with van der Waals surface area (Å²) < 4.78 is 1.74. The van der Waals surface area contributed by atoms with Crippen LogP contribution in [0.1, 0.15) is 21.6 Å². The van der Waals surface area contributed by atoms with Crippen molar-refractivity contribution < 1.29 is 9.72 Å². The van der Waals surface area contributed by atoms with E-state index in [9.17, 15) is 14.9 Å². The SMILES string of the molecule is Cc1c(CN(C)C(=O)c2cccc([N+](=O)[O-])c2)cnn1C. The molecule has 0 spiro atoms. The maximum atomic E-state index is 12.3. The van der Waals surface area contributed by atoms with Crippen molar-refractivity contribution in [2.75, 3.05) is 7.05 Å². The molecule has 0 bridgehead atoms. The second-order valence-corrected chi connectivity index (χ2v) is 4.85. The molecule has 0 aliphatic heterocycles. The summed E-state index contributed by atoms with van der Waals surface area (Å²) in [5.74, 6) is -0.262. The fourth-order valence-electron chi connectivity index (χ4n) is 2.00. The lowest BCUT2D eigenvalue weighted by atomic mass is 10.1. The molecule has 1 amide bonds. The molecule has 110 valence electrons. The number of non-ortho nitro benzene ring substituents is 1. The maximum Gasteiger partial charge on any atom is 0.270 e. The number of amides is 1. The van der Waals surface area contributed by atoms with E-state index in [1.165, 1.54) is 23.1 Å². The number of aryl methyl sites for hydroxylation is 1. The van der Waals surface area contributed by atoms with Gasteiger partial charge in [0.2, 0.25) is 0 Å². The van der Waals surface area contributed by atoms with Crippen LogP contribution in [0.2, 0.25) is 0 Å². The quantitative estimate of drug-likeness (QED) is 0.635. The number of hydrogen-bond donors (Lipinski definition) is 0. The molecular weight excluding hydrogens is 272 g/mol. The van der Waals surface area contributed by atoms with E-state index in [1.54, 1.807) is 24.0 Å². The molecule has 1 aromatic heterocycles. The molecule has 0 aliphatic rings. The minimum absolute atomic E-state index is 0.0909. The minimum Gasteiger partial charge on any atom is -0.337 e. The Kier molecular flexibility index (Phi) is 4.02. The first-order valence-corrected chi connectivity index (χ1v) is 6.37. The number of benzene rings is 1. The Balaban J connectivity index is 2.17. The second kappa shape index (κ2) is 5.74. The van der Waals surface area contributed by atoms with E-state index in [4.69, 9.17) is 0 Å². The van der Waals surface area contributed by atoms with Crippen LogP contribution in [0, 0.1) is 17.0 Å². The van der Waals surface area contributed by atoms with Gasteiger partial charge in [0, 0.05) is 49.6 Å². The summed E-state index contributed by atoms with van der Waals surface area (Å²) in [5.41, 5.74) is 2.13. The van der Waals surface area contributed by atoms with Gasteiger partial charge in [-0.05, 0) is 13.0 Å². The summed E-state index contributed by atoms with van der Waals surface area (Å²) in [6.07, 6.45) is 1.71. The van der Waals surface area contributed by atoms with Crippen LogP contribution in [0.15, 0.2) is 30.5 Å². The van der Waals surface area contributed by atoms with Gasteiger partial charge in [-0.3, -0.25) is 19.6 Å². The van der Waals surface area contributed by atoms with Crippen LogP contribution in [0.4, 0.5) is 5.69 Å². The van der Waals surface area contributed by atoms with Gasteiger partial charge in [0.05, 0.1) is 11.1 Å². The summed E-state index contributed by atoms with van der Waals surface area (Å²) >= 11 is 0. The van der Waals surface area contributed by atoms with Gasteiger partial charge in [0.15, 0.2) is 0 Å². The molecular formula is C14H16N4O3. The third-order valence-electron chi connectivity index (χ3n) is 3.40. The molecule has 0 radical (unpaired) electrons. The zero-order chi connectivity index (χ0) is 15.6. The Morgan fingerprint density at radius 2 is 2.19 bits per heavy atom. The highest BCUT2D eigenvalue weighted by atomic mass is 16.6. The molecule has 21 heavy (non-hydrogen) atoms. The molecule has 7 nitrogen and oxygen atoms in total. The average Bonchev–Trinajstić information content (AvgIpc) is 2.78. The number of carbonyl (C=O) groups excluding carboxylic acids is 1. The van der Waals surface area contributed by atoms with Gasteiger partial charge in [-0.1, -0.05) is 6.07 Å². The number of nitrogens with zero attached hydrogens (tertiary/aromatic N) is 4. The van der Waals surface area contributed by atoms with Gasteiger partial charge in [0.25, 0.3) is 11.6 Å². The number of aromatic nitrogens is 2. The van der Waals surface area contributed by atoms with Crippen LogP contribution in [0.3, 0.4) is 0 Å². The second-order valence-electron chi connectivity index (χ2n) is 4.85. The van der Waals surface area contributed by atoms with Crippen molar-refractivity contribution in [3.8, 4) is 0 Å². The Morgan fingerprint density at radius 3 is 2.76 bits per heavy atom. The molecule has 0 unspecified atom stereocenters. The third-order valence-corrected chi connectivity index (χ3v) is 3.40. The molecule has 2 aromatic rings. The molecule has 7 heteroatoms. The molecule has 0 atom stereocenters. The van der Waals surface area contributed by atoms with Gasteiger partial charge in [-0.15, -0.1) is 0 Å². The van der Waals surface area contributed by atoms with E-state index < -0.39 is 4.92 Å². The zero-order valence-electron chi connectivity index (χ0n) is 12.1. The predicted molar refractivity (Wildman–Crippen MR) is 76.8 cm³/mol. The van der Waals surface area contributed by atoms with Gasteiger partial charge >= 0.3 is 0 Å². The van der Waals surface area contributed by atoms with E-state index in [0.29, 0.717) is 12.1 Å². The molecule has 0 saturated heterocycles. The van der Waals surface area contributed by atoms with E-state index in [1.807, 2.05) is 14.0 Å². The Bertz CT molecular complexity index is 693. The number of nitro groups is 1. The lowest BCUT2D eigenvalue weighted by Gasteiger charge is -2.17. The molecule has 0 aliphatic carbocycles. The highest BCUT2D eigenvalue weighted by molar-refractivity contribution is 5.94. The molecule has 0 fully saturated rings. The van der Waals surface area contributed by atoms with E-state index in [-0.39, 0.29) is 11.6 Å². The van der Waals surface area contributed by atoms with Crippen LogP contribution >= 0.6 is 0 Å². The Hall–Kier alpha value is -2.70. The fourth-order valence-corrected chi connectivity index (χ4v) is 2.00. The average molecular weight is 288 g/mol. The Labute approximate surface area is 121 Å². The number of hydrogen-bond acceptors (Lipinski definition) is 4. The highest BCUT2D eigenvalue weighted by Gasteiger charge is 2.16. The Morgan fingerprint density at radius 1 is 1.48 bits per heavy atom. The van der Waals surface area contributed by atoms with Gasteiger partial charge in [0.1, 0.15) is 0 Å². The number of rotatable bonds is 4. The molecule has 0 saturated carbocycles. The van der Waals surface area contributed by atoms with Crippen LogP contribution in [-0.2, 0) is 13.6 Å². The lowest BCUT2D eigenvalue weighted by Crippen LogP contribution is -2.26. The third kappa shape index (κ3) is 3.07. The largest absolute Gasteiger partial charge is 0.337 e. The molecule has 0 N–H and O–H groups in total. The fraction of sp³-hybridized carbons (Fsp3) is 0.286. The van der Waals surface area contributed by atoms with E-state index >= 15 is 0 Å². The molecule has 1 heterocycles. The van der Waals surface area contributed by atoms with Crippen LogP contribution in [0.25, 0.3) is 0 Å². The first-order chi connectivity index (χ1) is 9.90. The first kappa shape index (κ1) is 14.7. The number of carbonyl (C=O) groups is 1. The molecule has 1 aromatic carbocycles. The van der Waals surface area contributed by atoms with Crippen LogP contribution in [-0.4, -0.2) is 32.6 Å².